The summed E-state index contributed by atoms with van der Waals surface area (Å²) >= 11 is 0. The number of likely N-dealkylation sites (N-methyl/N-ethyl adjacent to an activating group) is 1. The van der Waals surface area contributed by atoms with Gasteiger partial charge in [-0.1, -0.05) is 6.92 Å². The summed E-state index contributed by atoms with van der Waals surface area (Å²) in [6, 6.07) is 3.39. The standard InChI is InChI=1S/C11H18N2O3/c1-3-12-6-7-13-11(14)10-5-4-9(16-10)8-15-2/h4-5,12H,3,6-8H2,1-2H3,(H,13,14). The first-order valence-electron chi connectivity index (χ1n) is 5.34. The third-order valence-electron chi connectivity index (χ3n) is 2.01. The summed E-state index contributed by atoms with van der Waals surface area (Å²) in [7, 11) is 1.58. The van der Waals surface area contributed by atoms with Gasteiger partial charge in [0.1, 0.15) is 12.4 Å². The third-order valence-corrected chi connectivity index (χ3v) is 2.01. The molecule has 90 valence electrons. The van der Waals surface area contributed by atoms with Crippen LogP contribution in [0.15, 0.2) is 16.5 Å². The number of hydrogen-bond acceptors (Lipinski definition) is 4. The van der Waals surface area contributed by atoms with Crippen molar-refractivity contribution in [2.45, 2.75) is 13.5 Å². The molecular weight excluding hydrogens is 208 g/mol. The molecule has 16 heavy (non-hydrogen) atoms. The van der Waals surface area contributed by atoms with Gasteiger partial charge in [-0.2, -0.15) is 0 Å². The Hall–Kier alpha value is -1.33. The first-order valence-corrected chi connectivity index (χ1v) is 5.34. The molecule has 0 radical (unpaired) electrons. The number of carbonyl (C=O) groups is 1. The van der Waals surface area contributed by atoms with Gasteiger partial charge >= 0.3 is 0 Å². The first kappa shape index (κ1) is 12.7. The number of ether oxygens (including phenoxy) is 1. The molecule has 0 aliphatic carbocycles. The third kappa shape index (κ3) is 4.04. The number of furan rings is 1. The molecule has 2 N–H and O–H groups in total. The summed E-state index contributed by atoms with van der Waals surface area (Å²) in [6.45, 7) is 4.64. The van der Waals surface area contributed by atoms with Gasteiger partial charge in [0.15, 0.2) is 5.76 Å². The fourth-order valence-electron chi connectivity index (χ4n) is 1.25. The van der Waals surface area contributed by atoms with Gasteiger partial charge in [0, 0.05) is 20.2 Å². The molecule has 0 aliphatic heterocycles. The van der Waals surface area contributed by atoms with Crippen molar-refractivity contribution in [3.8, 4) is 0 Å². The molecule has 1 aromatic heterocycles. The molecule has 0 spiro atoms. The summed E-state index contributed by atoms with van der Waals surface area (Å²) in [5, 5.41) is 5.87. The Morgan fingerprint density at radius 1 is 1.44 bits per heavy atom. The lowest BCUT2D eigenvalue weighted by Gasteiger charge is -2.03. The zero-order valence-electron chi connectivity index (χ0n) is 9.71. The predicted molar refractivity (Wildman–Crippen MR) is 60.3 cm³/mol. The number of nitrogens with one attached hydrogen (secondary N) is 2. The molecule has 1 heterocycles. The molecule has 1 rings (SSSR count). The van der Waals surface area contributed by atoms with Crippen LogP contribution in [0.2, 0.25) is 0 Å². The minimum atomic E-state index is -0.194. The van der Waals surface area contributed by atoms with E-state index in [0.29, 0.717) is 24.7 Å². The second-order valence-electron chi connectivity index (χ2n) is 3.31. The van der Waals surface area contributed by atoms with Crippen LogP contribution in [0.4, 0.5) is 0 Å². The van der Waals surface area contributed by atoms with Gasteiger partial charge in [0.25, 0.3) is 5.91 Å². The van der Waals surface area contributed by atoms with Gasteiger partial charge in [0.2, 0.25) is 0 Å². The molecule has 0 atom stereocenters. The van der Waals surface area contributed by atoms with E-state index in [1.807, 2.05) is 6.92 Å². The summed E-state index contributed by atoms with van der Waals surface area (Å²) < 4.78 is 10.2. The van der Waals surface area contributed by atoms with Crippen molar-refractivity contribution in [2.75, 3.05) is 26.7 Å². The van der Waals surface area contributed by atoms with Gasteiger partial charge < -0.3 is 19.8 Å². The van der Waals surface area contributed by atoms with E-state index >= 15 is 0 Å². The van der Waals surface area contributed by atoms with E-state index in [1.165, 1.54) is 0 Å². The lowest BCUT2D eigenvalue weighted by atomic mass is 10.4. The largest absolute Gasteiger partial charge is 0.453 e. The van der Waals surface area contributed by atoms with Crippen LogP contribution >= 0.6 is 0 Å². The summed E-state index contributed by atoms with van der Waals surface area (Å²) in [5.74, 6) is 0.781. The van der Waals surface area contributed by atoms with E-state index < -0.39 is 0 Å². The van der Waals surface area contributed by atoms with Crippen LogP contribution in [0.5, 0.6) is 0 Å². The Morgan fingerprint density at radius 3 is 2.94 bits per heavy atom. The fourth-order valence-corrected chi connectivity index (χ4v) is 1.25. The van der Waals surface area contributed by atoms with Crippen molar-refractivity contribution in [1.29, 1.82) is 0 Å². The van der Waals surface area contributed by atoms with Crippen LogP contribution in [-0.2, 0) is 11.3 Å². The summed E-state index contributed by atoms with van der Waals surface area (Å²) in [4.78, 5) is 11.6. The second-order valence-corrected chi connectivity index (χ2v) is 3.31. The Morgan fingerprint density at radius 2 is 2.25 bits per heavy atom. The molecule has 0 bridgehead atoms. The van der Waals surface area contributed by atoms with Crippen molar-refractivity contribution in [3.63, 3.8) is 0 Å². The van der Waals surface area contributed by atoms with Crippen LogP contribution < -0.4 is 10.6 Å². The van der Waals surface area contributed by atoms with E-state index in [1.54, 1.807) is 19.2 Å². The molecular formula is C11H18N2O3. The molecule has 0 aromatic carbocycles. The maximum Gasteiger partial charge on any atom is 0.287 e. The average Bonchev–Trinajstić information content (AvgIpc) is 2.73. The average molecular weight is 226 g/mol. The zero-order chi connectivity index (χ0) is 11.8. The maximum atomic E-state index is 11.6. The molecule has 1 aromatic rings. The number of methoxy groups -OCH3 is 1. The molecule has 0 saturated heterocycles. The van der Waals surface area contributed by atoms with Crippen molar-refractivity contribution in [1.82, 2.24) is 10.6 Å². The molecule has 0 saturated carbocycles. The van der Waals surface area contributed by atoms with Crippen LogP contribution in [0.25, 0.3) is 0 Å². The van der Waals surface area contributed by atoms with Crippen LogP contribution in [0.1, 0.15) is 23.2 Å². The molecule has 0 unspecified atom stereocenters. The SMILES string of the molecule is CCNCCNC(=O)c1ccc(COC)o1. The Balaban J connectivity index is 2.34. The van der Waals surface area contributed by atoms with E-state index in [4.69, 9.17) is 9.15 Å². The van der Waals surface area contributed by atoms with E-state index in [2.05, 4.69) is 10.6 Å². The monoisotopic (exact) mass is 226 g/mol. The van der Waals surface area contributed by atoms with Crippen LogP contribution in [-0.4, -0.2) is 32.7 Å². The second kappa shape index (κ2) is 7.03. The Labute approximate surface area is 95.2 Å². The number of amides is 1. The van der Waals surface area contributed by atoms with Crippen LogP contribution in [0.3, 0.4) is 0 Å². The summed E-state index contributed by atoms with van der Waals surface area (Å²) in [5.41, 5.74) is 0. The maximum absolute atomic E-state index is 11.6. The smallest absolute Gasteiger partial charge is 0.287 e. The lowest BCUT2D eigenvalue weighted by molar-refractivity contribution is 0.0917. The minimum Gasteiger partial charge on any atom is -0.453 e. The van der Waals surface area contributed by atoms with Crippen molar-refractivity contribution in [3.05, 3.63) is 23.7 Å². The van der Waals surface area contributed by atoms with Crippen LogP contribution in [0, 0.1) is 0 Å². The van der Waals surface area contributed by atoms with Crippen molar-refractivity contribution >= 4 is 5.91 Å². The highest BCUT2D eigenvalue weighted by Gasteiger charge is 2.09. The fraction of sp³-hybridized carbons (Fsp3) is 0.545. The number of hydrogen-bond donors (Lipinski definition) is 2. The Bertz CT molecular complexity index is 323. The highest BCUT2D eigenvalue weighted by Crippen LogP contribution is 2.08. The van der Waals surface area contributed by atoms with E-state index in [0.717, 1.165) is 13.1 Å². The van der Waals surface area contributed by atoms with Gasteiger partial charge in [-0.15, -0.1) is 0 Å². The van der Waals surface area contributed by atoms with Crippen molar-refractivity contribution < 1.29 is 13.9 Å². The quantitative estimate of drug-likeness (QED) is 0.674. The van der Waals surface area contributed by atoms with Gasteiger partial charge in [-0.3, -0.25) is 4.79 Å². The number of carbonyl (C=O) groups excluding carboxylic acids is 1. The van der Waals surface area contributed by atoms with E-state index in [9.17, 15) is 4.79 Å². The number of rotatable bonds is 7. The zero-order valence-corrected chi connectivity index (χ0v) is 9.71. The molecule has 1 amide bonds. The van der Waals surface area contributed by atoms with Crippen molar-refractivity contribution in [2.24, 2.45) is 0 Å². The van der Waals surface area contributed by atoms with Gasteiger partial charge in [0.05, 0.1) is 0 Å². The van der Waals surface area contributed by atoms with Gasteiger partial charge in [-0.05, 0) is 18.7 Å². The van der Waals surface area contributed by atoms with E-state index in [-0.39, 0.29) is 5.91 Å². The predicted octanol–water partition coefficient (Wildman–Crippen LogP) is 0.765. The molecule has 0 aliphatic rings. The topological polar surface area (TPSA) is 63.5 Å². The Kier molecular flexibility index (Phi) is 5.60. The molecule has 5 nitrogen and oxygen atoms in total. The molecule has 0 fully saturated rings. The first-order chi connectivity index (χ1) is 7.77. The molecule has 5 heteroatoms. The van der Waals surface area contributed by atoms with Gasteiger partial charge in [-0.25, -0.2) is 0 Å². The highest BCUT2D eigenvalue weighted by molar-refractivity contribution is 5.91. The normalized spacial score (nSPS) is 10.4. The minimum absolute atomic E-state index is 0.194. The summed E-state index contributed by atoms with van der Waals surface area (Å²) in [6.07, 6.45) is 0. The lowest BCUT2D eigenvalue weighted by Crippen LogP contribution is -2.31. The highest BCUT2D eigenvalue weighted by atomic mass is 16.5.